The lowest BCUT2D eigenvalue weighted by Gasteiger charge is -2.25. The number of ether oxygens (including phenoxy) is 2. The Hall–Kier alpha value is -4.91. The molecule has 0 spiro atoms. The highest BCUT2D eigenvalue weighted by Crippen LogP contribution is 2.43. The van der Waals surface area contributed by atoms with Gasteiger partial charge in [-0.25, -0.2) is 4.98 Å². The third-order valence-electron chi connectivity index (χ3n) is 6.74. The summed E-state index contributed by atoms with van der Waals surface area (Å²) in [6, 6.07) is 25.3. The number of carbonyl (C=O) groups is 1. The van der Waals surface area contributed by atoms with Gasteiger partial charge in [0.1, 0.15) is 18.0 Å². The zero-order valence-electron chi connectivity index (χ0n) is 21.6. The Morgan fingerprint density at radius 3 is 2.49 bits per heavy atom. The van der Waals surface area contributed by atoms with Gasteiger partial charge in [0.05, 0.1) is 23.6 Å². The molecule has 0 saturated heterocycles. The van der Waals surface area contributed by atoms with Gasteiger partial charge < -0.3 is 13.9 Å². The molecule has 1 amide bonds. The summed E-state index contributed by atoms with van der Waals surface area (Å²) >= 11 is 0. The number of fused-ring (bicyclic) bond motifs is 2. The molecule has 1 aliphatic rings. The average molecular weight is 519 g/mol. The van der Waals surface area contributed by atoms with E-state index in [2.05, 4.69) is 4.98 Å². The van der Waals surface area contributed by atoms with Crippen molar-refractivity contribution in [2.45, 2.75) is 26.5 Å². The highest BCUT2D eigenvalue weighted by molar-refractivity contribution is 6.10. The number of anilines is 1. The molecule has 0 saturated carbocycles. The molecule has 39 heavy (non-hydrogen) atoms. The summed E-state index contributed by atoms with van der Waals surface area (Å²) < 4.78 is 18.1. The van der Waals surface area contributed by atoms with Crippen LogP contribution in [-0.4, -0.2) is 17.5 Å². The van der Waals surface area contributed by atoms with Crippen LogP contribution >= 0.6 is 0 Å². The predicted molar refractivity (Wildman–Crippen MR) is 148 cm³/mol. The Morgan fingerprint density at radius 1 is 0.897 bits per heavy atom. The van der Waals surface area contributed by atoms with E-state index in [1.165, 1.54) is 4.90 Å². The molecule has 2 aromatic heterocycles. The van der Waals surface area contributed by atoms with E-state index in [1.54, 1.807) is 36.5 Å². The van der Waals surface area contributed by atoms with Gasteiger partial charge in [-0.1, -0.05) is 54.1 Å². The molecule has 0 aliphatic carbocycles. The Kier molecular flexibility index (Phi) is 6.32. The second-order valence-corrected chi connectivity index (χ2v) is 9.35. The van der Waals surface area contributed by atoms with Crippen LogP contribution in [0.3, 0.4) is 0 Å². The molecule has 1 unspecified atom stereocenters. The Bertz CT molecular complexity index is 1730. The number of carbonyl (C=O) groups excluding carboxylic acids is 1. The molecule has 6 rings (SSSR count). The quantitative estimate of drug-likeness (QED) is 0.254. The van der Waals surface area contributed by atoms with Crippen LogP contribution in [0.1, 0.15) is 45.8 Å². The van der Waals surface area contributed by atoms with Gasteiger partial charge in [0.25, 0.3) is 5.91 Å². The van der Waals surface area contributed by atoms with Gasteiger partial charge in [-0.3, -0.25) is 14.5 Å². The van der Waals surface area contributed by atoms with Gasteiger partial charge in [0, 0.05) is 6.20 Å². The highest BCUT2D eigenvalue weighted by atomic mass is 16.5. The highest BCUT2D eigenvalue weighted by Gasteiger charge is 2.44. The van der Waals surface area contributed by atoms with Crippen molar-refractivity contribution in [1.29, 1.82) is 0 Å². The van der Waals surface area contributed by atoms with Gasteiger partial charge in [-0.05, 0) is 61.4 Å². The molecule has 3 heterocycles. The van der Waals surface area contributed by atoms with Gasteiger partial charge in [0.15, 0.2) is 16.9 Å². The van der Waals surface area contributed by atoms with E-state index in [9.17, 15) is 9.59 Å². The fourth-order valence-corrected chi connectivity index (χ4v) is 4.95. The van der Waals surface area contributed by atoms with Gasteiger partial charge in [-0.2, -0.15) is 0 Å². The molecule has 3 aromatic carbocycles. The van der Waals surface area contributed by atoms with Crippen LogP contribution in [0.25, 0.3) is 11.0 Å². The summed E-state index contributed by atoms with van der Waals surface area (Å²) in [4.78, 5) is 33.6. The predicted octanol–water partition coefficient (Wildman–Crippen LogP) is 6.22. The molecule has 5 aromatic rings. The SMILES string of the molecule is CCOc1cc(C2c3c(oc4ccc(C)cc4c3=O)C(=O)N2c2ccccn2)ccc1OCc1ccccc1. The second kappa shape index (κ2) is 10.1. The van der Waals surface area contributed by atoms with Crippen molar-refractivity contribution in [1.82, 2.24) is 4.98 Å². The molecule has 194 valence electrons. The van der Waals surface area contributed by atoms with E-state index in [-0.39, 0.29) is 16.8 Å². The maximum Gasteiger partial charge on any atom is 0.296 e. The van der Waals surface area contributed by atoms with Crippen molar-refractivity contribution in [3.63, 3.8) is 0 Å². The van der Waals surface area contributed by atoms with Crippen molar-refractivity contribution in [3.05, 3.63) is 129 Å². The van der Waals surface area contributed by atoms with Gasteiger partial charge >= 0.3 is 0 Å². The van der Waals surface area contributed by atoms with Gasteiger partial charge in [0.2, 0.25) is 5.76 Å². The van der Waals surface area contributed by atoms with Crippen LogP contribution < -0.4 is 19.8 Å². The van der Waals surface area contributed by atoms with Crippen LogP contribution in [0, 0.1) is 6.92 Å². The van der Waals surface area contributed by atoms with E-state index in [0.29, 0.717) is 47.1 Å². The number of aromatic nitrogens is 1. The minimum Gasteiger partial charge on any atom is -0.490 e. The summed E-state index contributed by atoms with van der Waals surface area (Å²) in [5, 5.41) is 0.433. The molecule has 0 bridgehead atoms. The summed E-state index contributed by atoms with van der Waals surface area (Å²) in [7, 11) is 0. The second-order valence-electron chi connectivity index (χ2n) is 9.35. The largest absolute Gasteiger partial charge is 0.490 e. The first-order chi connectivity index (χ1) is 19.0. The van der Waals surface area contributed by atoms with Crippen molar-refractivity contribution in [2.24, 2.45) is 0 Å². The Balaban J connectivity index is 1.50. The lowest BCUT2D eigenvalue weighted by atomic mass is 9.97. The van der Waals surface area contributed by atoms with Crippen molar-refractivity contribution in [3.8, 4) is 11.5 Å². The first-order valence-corrected chi connectivity index (χ1v) is 12.8. The molecule has 0 radical (unpaired) electrons. The smallest absolute Gasteiger partial charge is 0.296 e. The number of rotatable bonds is 7. The average Bonchev–Trinajstić information content (AvgIpc) is 3.26. The normalized spacial score (nSPS) is 14.5. The third-order valence-corrected chi connectivity index (χ3v) is 6.74. The molecular weight excluding hydrogens is 492 g/mol. The molecule has 1 atom stereocenters. The summed E-state index contributed by atoms with van der Waals surface area (Å²) in [6.45, 7) is 4.60. The number of hydrogen-bond donors (Lipinski definition) is 0. The third kappa shape index (κ3) is 4.42. The standard InChI is InChI=1S/C32H26N2O5/c1-3-37-26-18-22(13-15-25(26)38-19-21-9-5-4-6-10-21)29-28-30(35)23-17-20(2)12-14-24(23)39-31(28)32(36)34(29)27-11-7-8-16-33-27/h4-18,29H,3,19H2,1-2H3. The molecule has 7 nitrogen and oxygen atoms in total. The first-order valence-electron chi connectivity index (χ1n) is 12.8. The van der Waals surface area contributed by atoms with Gasteiger partial charge in [-0.15, -0.1) is 0 Å². The number of aryl methyl sites for hydroxylation is 1. The van der Waals surface area contributed by atoms with Crippen molar-refractivity contribution in [2.75, 3.05) is 11.5 Å². The maximum atomic E-state index is 13.9. The number of benzene rings is 3. The minimum absolute atomic E-state index is 0.0226. The fraction of sp³-hybridized carbons (Fsp3) is 0.156. The lowest BCUT2D eigenvalue weighted by Crippen LogP contribution is -2.30. The van der Waals surface area contributed by atoms with Crippen molar-refractivity contribution < 1.29 is 18.7 Å². The van der Waals surface area contributed by atoms with Crippen LogP contribution in [0.5, 0.6) is 11.5 Å². The van der Waals surface area contributed by atoms with E-state index < -0.39 is 11.9 Å². The number of hydrogen-bond acceptors (Lipinski definition) is 6. The Morgan fingerprint density at radius 2 is 1.72 bits per heavy atom. The number of amides is 1. The van der Waals surface area contributed by atoms with E-state index in [0.717, 1.165) is 11.1 Å². The fourth-order valence-electron chi connectivity index (χ4n) is 4.95. The van der Waals surface area contributed by atoms with E-state index >= 15 is 0 Å². The monoisotopic (exact) mass is 518 g/mol. The van der Waals surface area contributed by atoms with Crippen LogP contribution in [0.15, 0.2) is 100 Å². The zero-order chi connectivity index (χ0) is 26.9. The van der Waals surface area contributed by atoms with E-state index in [1.807, 2.05) is 68.4 Å². The van der Waals surface area contributed by atoms with Crippen LogP contribution in [0.2, 0.25) is 0 Å². The molecule has 0 fully saturated rings. The van der Waals surface area contributed by atoms with Crippen molar-refractivity contribution >= 4 is 22.7 Å². The van der Waals surface area contributed by atoms with Crippen LogP contribution in [-0.2, 0) is 6.61 Å². The summed E-state index contributed by atoms with van der Waals surface area (Å²) in [6.07, 6.45) is 1.61. The molecule has 1 aliphatic heterocycles. The minimum atomic E-state index is -0.758. The lowest BCUT2D eigenvalue weighted by molar-refractivity contribution is 0.0970. The Labute approximate surface area is 225 Å². The van der Waals surface area contributed by atoms with E-state index in [4.69, 9.17) is 13.9 Å². The molecular formula is C32H26N2O5. The zero-order valence-corrected chi connectivity index (χ0v) is 21.6. The topological polar surface area (TPSA) is 81.9 Å². The molecule has 0 N–H and O–H groups in total. The number of nitrogens with zero attached hydrogens (tertiary/aromatic N) is 2. The number of pyridine rings is 1. The summed E-state index contributed by atoms with van der Waals surface area (Å²) in [5.41, 5.74) is 3.05. The molecule has 7 heteroatoms. The first kappa shape index (κ1) is 24.4. The maximum absolute atomic E-state index is 13.9. The van der Waals surface area contributed by atoms with Crippen LogP contribution in [0.4, 0.5) is 5.82 Å². The summed E-state index contributed by atoms with van der Waals surface area (Å²) in [5.74, 6) is 1.11.